The third-order valence-electron chi connectivity index (χ3n) is 5.89. The monoisotopic (exact) mass is 492 g/mol. The van der Waals surface area contributed by atoms with Gasteiger partial charge in [0.15, 0.2) is 10.9 Å². The van der Waals surface area contributed by atoms with E-state index >= 15 is 0 Å². The van der Waals surface area contributed by atoms with E-state index in [1.807, 2.05) is 20.8 Å². The minimum Gasteiger partial charge on any atom is -0.460 e. The molecule has 1 atom stereocenters. The topological polar surface area (TPSA) is 124 Å². The van der Waals surface area contributed by atoms with E-state index in [9.17, 15) is 13.2 Å². The molecule has 0 aromatic carbocycles. The highest BCUT2D eigenvalue weighted by Crippen LogP contribution is 2.31. The molecule has 0 bridgehead atoms. The van der Waals surface area contributed by atoms with Crippen LogP contribution in [0.2, 0.25) is 0 Å². The molecule has 1 unspecified atom stereocenters. The van der Waals surface area contributed by atoms with Gasteiger partial charge in [-0.3, -0.25) is 4.79 Å². The van der Waals surface area contributed by atoms with Crippen molar-refractivity contribution in [2.24, 2.45) is 5.92 Å². The summed E-state index contributed by atoms with van der Waals surface area (Å²) in [6.45, 7) is 5.37. The molecule has 0 amide bonds. The summed E-state index contributed by atoms with van der Waals surface area (Å²) in [5.41, 5.74) is -0.576. The lowest BCUT2D eigenvalue weighted by Crippen LogP contribution is -2.25. The van der Waals surface area contributed by atoms with Gasteiger partial charge in [-0.25, -0.2) is 18.1 Å². The zero-order valence-corrected chi connectivity index (χ0v) is 21.1. The number of sulfonamides is 1. The molecule has 1 aliphatic rings. The van der Waals surface area contributed by atoms with Crippen molar-refractivity contribution in [2.75, 3.05) is 0 Å². The van der Waals surface area contributed by atoms with Crippen LogP contribution in [0.1, 0.15) is 96.2 Å². The zero-order chi connectivity index (χ0) is 24.6. The van der Waals surface area contributed by atoms with Gasteiger partial charge in [0, 0.05) is 12.1 Å². The Labute approximate surface area is 202 Å². The van der Waals surface area contributed by atoms with E-state index in [1.165, 1.54) is 44.4 Å². The van der Waals surface area contributed by atoms with Crippen molar-refractivity contribution in [3.05, 3.63) is 36.1 Å². The number of nitrogens with zero attached hydrogens (tertiary/aromatic N) is 3. The SMILES string of the molecule is CC(C)(C)OC(=O)CC(CCCC1CCCCC1)c1nc(CNS(=O)(=O)c2ccccn2)no1. The number of carbonyl (C=O) groups excluding carboxylic acids is 1. The Morgan fingerprint density at radius 1 is 1.24 bits per heavy atom. The van der Waals surface area contributed by atoms with Gasteiger partial charge in [-0.2, -0.15) is 4.98 Å². The third kappa shape index (κ3) is 8.47. The van der Waals surface area contributed by atoms with Gasteiger partial charge in [0.1, 0.15) is 5.60 Å². The molecule has 2 aromatic rings. The van der Waals surface area contributed by atoms with Gasteiger partial charge in [-0.05, 0) is 45.2 Å². The fraction of sp³-hybridized carbons (Fsp3) is 0.667. The minimum atomic E-state index is -3.79. The largest absolute Gasteiger partial charge is 0.460 e. The molecular formula is C24H36N4O5S. The molecule has 9 nitrogen and oxygen atoms in total. The molecule has 3 rings (SSSR count). The average molecular weight is 493 g/mol. The average Bonchev–Trinajstić information content (AvgIpc) is 3.26. The van der Waals surface area contributed by atoms with Gasteiger partial charge in [0.2, 0.25) is 5.89 Å². The van der Waals surface area contributed by atoms with Gasteiger partial charge in [-0.15, -0.1) is 0 Å². The van der Waals surface area contributed by atoms with Crippen LogP contribution in [-0.4, -0.2) is 35.1 Å². The fourth-order valence-corrected chi connectivity index (χ4v) is 5.19. The molecule has 1 saturated carbocycles. The van der Waals surface area contributed by atoms with Crippen molar-refractivity contribution in [3.8, 4) is 0 Å². The molecule has 1 N–H and O–H groups in total. The zero-order valence-electron chi connectivity index (χ0n) is 20.3. The highest BCUT2D eigenvalue weighted by molar-refractivity contribution is 7.89. The first-order valence-corrected chi connectivity index (χ1v) is 13.6. The van der Waals surface area contributed by atoms with Crippen LogP contribution in [0.15, 0.2) is 33.9 Å². The molecule has 1 aliphatic carbocycles. The molecule has 0 spiro atoms. The molecule has 2 aromatic heterocycles. The first-order chi connectivity index (χ1) is 16.1. The van der Waals surface area contributed by atoms with Crippen molar-refractivity contribution >= 4 is 16.0 Å². The summed E-state index contributed by atoms with van der Waals surface area (Å²) in [6.07, 6.45) is 10.8. The molecule has 0 aliphatic heterocycles. The Morgan fingerprint density at radius 3 is 2.68 bits per heavy atom. The maximum Gasteiger partial charge on any atom is 0.307 e. The molecular weight excluding hydrogens is 456 g/mol. The van der Waals surface area contributed by atoms with E-state index in [1.54, 1.807) is 12.1 Å². The number of nitrogens with one attached hydrogen (secondary N) is 1. The number of carbonyl (C=O) groups is 1. The Bertz CT molecular complexity index is 1010. The van der Waals surface area contributed by atoms with Crippen LogP contribution >= 0.6 is 0 Å². The predicted octanol–water partition coefficient (Wildman–Crippen LogP) is 4.51. The third-order valence-corrected chi connectivity index (χ3v) is 7.21. The van der Waals surface area contributed by atoms with Gasteiger partial charge in [0.25, 0.3) is 10.0 Å². The van der Waals surface area contributed by atoms with Crippen LogP contribution in [-0.2, 0) is 26.1 Å². The predicted molar refractivity (Wildman–Crippen MR) is 126 cm³/mol. The normalized spacial score (nSPS) is 16.3. The Morgan fingerprint density at radius 2 is 2.00 bits per heavy atom. The smallest absolute Gasteiger partial charge is 0.307 e. The Balaban J connectivity index is 1.62. The van der Waals surface area contributed by atoms with Crippen molar-refractivity contribution in [3.63, 3.8) is 0 Å². The van der Waals surface area contributed by atoms with E-state index in [-0.39, 0.29) is 35.7 Å². The van der Waals surface area contributed by atoms with E-state index < -0.39 is 15.6 Å². The van der Waals surface area contributed by atoms with E-state index in [2.05, 4.69) is 19.8 Å². The maximum absolute atomic E-state index is 12.5. The number of aromatic nitrogens is 3. The minimum absolute atomic E-state index is 0.0794. The standard InChI is InChI=1S/C24H36N4O5S/c1-24(2,3)32-22(29)16-19(13-9-12-18-10-5-4-6-11-18)23-27-20(28-33-23)17-26-34(30,31)21-14-7-8-15-25-21/h7-8,14-15,18-19,26H,4-6,9-13,16-17H2,1-3H3. The van der Waals surface area contributed by atoms with Gasteiger partial charge in [0.05, 0.1) is 13.0 Å². The van der Waals surface area contributed by atoms with Gasteiger partial charge < -0.3 is 9.26 Å². The lowest BCUT2D eigenvalue weighted by atomic mass is 9.84. The highest BCUT2D eigenvalue weighted by Gasteiger charge is 2.27. The molecule has 0 saturated heterocycles. The number of hydrogen-bond acceptors (Lipinski definition) is 8. The van der Waals surface area contributed by atoms with Gasteiger partial charge >= 0.3 is 5.97 Å². The molecule has 10 heteroatoms. The molecule has 0 radical (unpaired) electrons. The van der Waals surface area contributed by atoms with Gasteiger partial charge in [-0.1, -0.05) is 56.2 Å². The van der Waals surface area contributed by atoms with E-state index in [0.29, 0.717) is 5.89 Å². The van der Waals surface area contributed by atoms with E-state index in [4.69, 9.17) is 9.26 Å². The first-order valence-electron chi connectivity index (χ1n) is 12.1. The van der Waals surface area contributed by atoms with Crippen LogP contribution in [0.4, 0.5) is 0 Å². The molecule has 1 fully saturated rings. The van der Waals surface area contributed by atoms with Crippen LogP contribution in [0.25, 0.3) is 0 Å². The van der Waals surface area contributed by atoms with Crippen LogP contribution in [0, 0.1) is 5.92 Å². The summed E-state index contributed by atoms with van der Waals surface area (Å²) >= 11 is 0. The van der Waals surface area contributed by atoms with Crippen LogP contribution < -0.4 is 4.72 Å². The molecule has 34 heavy (non-hydrogen) atoms. The summed E-state index contributed by atoms with van der Waals surface area (Å²) in [4.78, 5) is 20.8. The molecule has 188 valence electrons. The van der Waals surface area contributed by atoms with Crippen molar-refractivity contribution < 1.29 is 22.5 Å². The second-order valence-electron chi connectivity index (χ2n) is 9.96. The van der Waals surface area contributed by atoms with Crippen LogP contribution in [0.3, 0.4) is 0 Å². The lowest BCUT2D eigenvalue weighted by Gasteiger charge is -2.23. The first kappa shape index (κ1) is 26.3. The number of pyridine rings is 1. The second kappa shape index (κ2) is 11.9. The van der Waals surface area contributed by atoms with Crippen molar-refractivity contribution in [2.45, 2.75) is 102 Å². The van der Waals surface area contributed by atoms with E-state index in [0.717, 1.165) is 25.2 Å². The van der Waals surface area contributed by atoms with Crippen molar-refractivity contribution in [1.82, 2.24) is 19.8 Å². The second-order valence-corrected chi connectivity index (χ2v) is 11.7. The van der Waals surface area contributed by atoms with Crippen LogP contribution in [0.5, 0.6) is 0 Å². The Kier molecular flexibility index (Phi) is 9.18. The summed E-state index contributed by atoms with van der Waals surface area (Å²) < 4.78 is 38.2. The number of ether oxygens (including phenoxy) is 1. The number of esters is 1. The summed E-state index contributed by atoms with van der Waals surface area (Å²) in [5.74, 6) is 0.700. The van der Waals surface area contributed by atoms with Crippen molar-refractivity contribution in [1.29, 1.82) is 0 Å². The summed E-state index contributed by atoms with van der Waals surface area (Å²) in [6, 6.07) is 4.65. The Hall–Kier alpha value is -2.33. The summed E-state index contributed by atoms with van der Waals surface area (Å²) in [7, 11) is -3.79. The maximum atomic E-state index is 12.5. The summed E-state index contributed by atoms with van der Waals surface area (Å²) in [5, 5.41) is 3.85. The fourth-order valence-electron chi connectivity index (χ4n) is 4.27. The quantitative estimate of drug-likeness (QED) is 0.454. The number of rotatable bonds is 11. The highest BCUT2D eigenvalue weighted by atomic mass is 32.2. The molecule has 2 heterocycles. The number of hydrogen-bond donors (Lipinski definition) is 1. The lowest BCUT2D eigenvalue weighted by molar-refractivity contribution is -0.155.